The molecule has 0 amide bonds. The van der Waals surface area contributed by atoms with Crippen LogP contribution < -0.4 is 4.74 Å². The van der Waals surface area contributed by atoms with Crippen LogP contribution in [-0.4, -0.2) is 43.1 Å². The van der Waals surface area contributed by atoms with Gasteiger partial charge in [-0.3, -0.25) is 5.10 Å². The lowest BCUT2D eigenvalue weighted by Gasteiger charge is -2.27. The van der Waals surface area contributed by atoms with E-state index in [9.17, 15) is 0 Å². The van der Waals surface area contributed by atoms with E-state index in [1.165, 1.54) is 11.3 Å². The number of thioether (sulfide) groups is 1. The second-order valence-corrected chi connectivity index (χ2v) is 8.75. The van der Waals surface area contributed by atoms with Crippen LogP contribution in [0.1, 0.15) is 43.5 Å². The first kappa shape index (κ1) is 18.4. The van der Waals surface area contributed by atoms with Crippen molar-refractivity contribution in [2.45, 2.75) is 49.9 Å². The van der Waals surface area contributed by atoms with Gasteiger partial charge < -0.3 is 4.74 Å². The zero-order chi connectivity index (χ0) is 20.0. The molecule has 0 spiro atoms. The number of aryl methyl sites for hydroxylation is 1. The van der Waals surface area contributed by atoms with Crippen molar-refractivity contribution < 1.29 is 4.74 Å². The molecule has 8 heteroatoms. The summed E-state index contributed by atoms with van der Waals surface area (Å²) in [6, 6.07) is 8.13. The van der Waals surface area contributed by atoms with E-state index >= 15 is 0 Å². The van der Waals surface area contributed by atoms with Gasteiger partial charge in [0.1, 0.15) is 11.4 Å². The highest BCUT2D eigenvalue weighted by molar-refractivity contribution is 8.00. The third kappa shape index (κ3) is 3.06. The van der Waals surface area contributed by atoms with Gasteiger partial charge in [0.05, 0.1) is 18.1 Å². The van der Waals surface area contributed by atoms with Gasteiger partial charge in [0.2, 0.25) is 11.0 Å². The summed E-state index contributed by atoms with van der Waals surface area (Å²) in [7, 11) is 1.68. The van der Waals surface area contributed by atoms with Crippen molar-refractivity contribution in [2.24, 2.45) is 11.0 Å². The average Bonchev–Trinajstić information content (AvgIpc) is 3.48. The van der Waals surface area contributed by atoms with Crippen molar-refractivity contribution in [1.82, 2.24) is 25.1 Å². The fourth-order valence-electron chi connectivity index (χ4n) is 4.00. The molecule has 0 radical (unpaired) electrons. The van der Waals surface area contributed by atoms with E-state index in [1.54, 1.807) is 18.9 Å². The first-order valence-electron chi connectivity index (χ1n) is 10.1. The summed E-state index contributed by atoms with van der Waals surface area (Å²) in [5, 5.41) is 22.8. The van der Waals surface area contributed by atoms with E-state index in [4.69, 9.17) is 9.84 Å². The SMILES string of the molecule is CCC(C)C1Sc2nnc(-c3n[nH]c4c3CCC4)n2N=C1c1ccc(OC)cc1. The number of benzene rings is 1. The van der Waals surface area contributed by atoms with Crippen LogP contribution in [0.15, 0.2) is 34.5 Å². The number of nitrogens with zero attached hydrogens (tertiary/aromatic N) is 5. The van der Waals surface area contributed by atoms with Gasteiger partial charge in [-0.15, -0.1) is 10.2 Å². The monoisotopic (exact) mass is 408 g/mol. The van der Waals surface area contributed by atoms with Gasteiger partial charge in [0.15, 0.2) is 0 Å². The molecule has 1 aliphatic heterocycles. The molecule has 29 heavy (non-hydrogen) atoms. The molecule has 3 heterocycles. The average molecular weight is 409 g/mol. The Morgan fingerprint density at radius 1 is 1.24 bits per heavy atom. The van der Waals surface area contributed by atoms with E-state index in [2.05, 4.69) is 46.4 Å². The molecule has 1 N–H and O–H groups in total. The number of methoxy groups -OCH3 is 1. The van der Waals surface area contributed by atoms with Crippen LogP contribution in [0.25, 0.3) is 11.5 Å². The van der Waals surface area contributed by atoms with Crippen molar-refractivity contribution in [1.29, 1.82) is 0 Å². The van der Waals surface area contributed by atoms with Gasteiger partial charge in [-0.05, 0) is 55.0 Å². The van der Waals surface area contributed by atoms with Crippen molar-refractivity contribution in [2.75, 3.05) is 7.11 Å². The Kier molecular flexibility index (Phi) is 4.66. The summed E-state index contributed by atoms with van der Waals surface area (Å²) in [4.78, 5) is 0. The van der Waals surface area contributed by atoms with Gasteiger partial charge in [-0.2, -0.15) is 14.9 Å². The van der Waals surface area contributed by atoms with Gasteiger partial charge in [0, 0.05) is 11.3 Å². The van der Waals surface area contributed by atoms with E-state index in [-0.39, 0.29) is 5.25 Å². The second-order valence-electron chi connectivity index (χ2n) is 7.64. The second kappa shape index (κ2) is 7.33. The zero-order valence-corrected chi connectivity index (χ0v) is 17.7. The summed E-state index contributed by atoms with van der Waals surface area (Å²) in [6.45, 7) is 4.49. The third-order valence-corrected chi connectivity index (χ3v) is 7.29. The molecule has 0 saturated heterocycles. The van der Waals surface area contributed by atoms with Gasteiger partial charge in [-0.25, -0.2) is 0 Å². The first-order chi connectivity index (χ1) is 14.2. The van der Waals surface area contributed by atoms with E-state index in [1.807, 2.05) is 16.8 Å². The third-order valence-electron chi connectivity index (χ3n) is 5.89. The summed E-state index contributed by atoms with van der Waals surface area (Å²) in [5.41, 5.74) is 5.51. The smallest absolute Gasteiger partial charge is 0.213 e. The predicted octanol–water partition coefficient (Wildman–Crippen LogP) is 3.94. The minimum absolute atomic E-state index is 0.225. The quantitative estimate of drug-likeness (QED) is 0.692. The van der Waals surface area contributed by atoms with Crippen molar-refractivity contribution in [3.8, 4) is 17.3 Å². The highest BCUT2D eigenvalue weighted by atomic mass is 32.2. The van der Waals surface area contributed by atoms with Crippen LogP contribution in [0, 0.1) is 5.92 Å². The van der Waals surface area contributed by atoms with Crippen LogP contribution in [-0.2, 0) is 12.8 Å². The Bertz CT molecular complexity index is 1070. The first-order valence-corrected chi connectivity index (χ1v) is 11.0. The van der Waals surface area contributed by atoms with E-state index in [0.29, 0.717) is 5.92 Å². The fourth-order valence-corrected chi connectivity index (χ4v) is 5.26. The van der Waals surface area contributed by atoms with Crippen LogP contribution in [0.4, 0.5) is 0 Å². The summed E-state index contributed by atoms with van der Waals surface area (Å²) < 4.78 is 7.20. The van der Waals surface area contributed by atoms with Crippen molar-refractivity contribution in [3.05, 3.63) is 41.1 Å². The molecule has 2 atom stereocenters. The molecule has 2 unspecified atom stereocenters. The molecule has 1 aliphatic carbocycles. The number of fused-ring (bicyclic) bond motifs is 2. The van der Waals surface area contributed by atoms with Crippen LogP contribution in [0.3, 0.4) is 0 Å². The molecular formula is C21H24N6OS. The molecule has 1 aromatic carbocycles. The van der Waals surface area contributed by atoms with Gasteiger partial charge in [0.25, 0.3) is 0 Å². The Morgan fingerprint density at radius 3 is 2.83 bits per heavy atom. The number of rotatable bonds is 5. The minimum atomic E-state index is 0.225. The number of H-pyrrole nitrogens is 1. The standard InChI is InChI=1S/C21H24N6OS/c1-4-12(2)19-17(13-8-10-14(28-3)11-9-13)26-27-20(24-25-21(27)29-19)18-15-6-5-7-16(15)22-23-18/h8-12,19H,4-7H2,1-3H3,(H,22,23). The van der Waals surface area contributed by atoms with Crippen LogP contribution >= 0.6 is 11.8 Å². The number of ether oxygens (including phenoxy) is 1. The Labute approximate surface area is 174 Å². The minimum Gasteiger partial charge on any atom is -0.497 e. The number of hydrogen-bond donors (Lipinski definition) is 1. The van der Waals surface area contributed by atoms with Crippen LogP contribution in [0.2, 0.25) is 0 Å². The summed E-state index contributed by atoms with van der Waals surface area (Å²) in [6.07, 6.45) is 4.30. The van der Waals surface area contributed by atoms with Crippen molar-refractivity contribution in [3.63, 3.8) is 0 Å². The topological polar surface area (TPSA) is 81.0 Å². The van der Waals surface area contributed by atoms with Crippen LogP contribution in [0.5, 0.6) is 5.75 Å². The Balaban J connectivity index is 1.62. The zero-order valence-electron chi connectivity index (χ0n) is 16.8. The summed E-state index contributed by atoms with van der Waals surface area (Å²) >= 11 is 1.74. The maximum atomic E-state index is 5.32. The molecule has 7 nitrogen and oxygen atoms in total. The van der Waals surface area contributed by atoms with E-state index in [0.717, 1.165) is 59.4 Å². The lowest BCUT2D eigenvalue weighted by Crippen LogP contribution is -2.30. The number of hydrogen-bond acceptors (Lipinski definition) is 6. The molecular weight excluding hydrogens is 384 g/mol. The largest absolute Gasteiger partial charge is 0.497 e. The normalized spacial score (nSPS) is 18.9. The Morgan fingerprint density at radius 2 is 2.07 bits per heavy atom. The maximum absolute atomic E-state index is 5.32. The highest BCUT2D eigenvalue weighted by Crippen LogP contribution is 2.38. The van der Waals surface area contributed by atoms with Crippen molar-refractivity contribution >= 4 is 17.5 Å². The molecule has 5 rings (SSSR count). The molecule has 0 bridgehead atoms. The van der Waals surface area contributed by atoms with Gasteiger partial charge in [-0.1, -0.05) is 32.0 Å². The molecule has 0 saturated carbocycles. The molecule has 2 aromatic heterocycles. The van der Waals surface area contributed by atoms with Gasteiger partial charge >= 0.3 is 0 Å². The predicted molar refractivity (Wildman–Crippen MR) is 114 cm³/mol. The number of aromatic nitrogens is 5. The molecule has 3 aromatic rings. The Hall–Kier alpha value is -2.61. The summed E-state index contributed by atoms with van der Waals surface area (Å²) in [5.74, 6) is 2.03. The molecule has 0 fully saturated rings. The fraction of sp³-hybridized carbons (Fsp3) is 0.429. The number of nitrogens with one attached hydrogen (secondary N) is 1. The van der Waals surface area contributed by atoms with E-state index < -0.39 is 0 Å². The maximum Gasteiger partial charge on any atom is 0.213 e. The lowest BCUT2D eigenvalue weighted by atomic mass is 9.96. The number of aromatic amines is 1. The molecule has 150 valence electrons. The lowest BCUT2D eigenvalue weighted by molar-refractivity contribution is 0.415. The molecule has 2 aliphatic rings. The highest BCUT2D eigenvalue weighted by Gasteiger charge is 2.33.